The highest BCUT2D eigenvalue weighted by Gasteiger charge is 2.14. The van der Waals surface area contributed by atoms with Gasteiger partial charge in [0.1, 0.15) is 0 Å². The smallest absolute Gasteiger partial charge is 0.181 e. The molecule has 0 aliphatic rings. The Balaban J connectivity index is 2.78. The molecule has 0 radical (unpaired) electrons. The molecule has 0 amide bonds. The second-order valence-electron chi connectivity index (χ2n) is 3.30. The maximum atomic E-state index is 11.7. The van der Waals surface area contributed by atoms with Crippen molar-refractivity contribution in [2.45, 2.75) is 13.0 Å². The molecule has 0 heterocycles. The van der Waals surface area contributed by atoms with Crippen LogP contribution < -0.4 is 5.73 Å². The molecule has 0 saturated heterocycles. The molecule has 0 bridgehead atoms. The molecule has 1 aromatic carbocycles. The number of carbonyl (C=O) groups is 1. The Morgan fingerprint density at radius 2 is 2.29 bits per heavy atom. The quantitative estimate of drug-likeness (QED) is 0.730. The fraction of sp³-hybridized carbons (Fsp3) is 0.364. The minimum atomic E-state index is -0.568. The fourth-order valence-electron chi connectivity index (χ4n) is 1.27. The SMILES string of the molecule is COCC(N)C(=O)c1cccc(C)c1. The van der Waals surface area contributed by atoms with Crippen LogP contribution in [0.25, 0.3) is 0 Å². The van der Waals surface area contributed by atoms with Crippen LogP contribution in [0.15, 0.2) is 24.3 Å². The molecular formula is C11H15NO2. The highest BCUT2D eigenvalue weighted by molar-refractivity contribution is 6.00. The maximum absolute atomic E-state index is 11.7. The van der Waals surface area contributed by atoms with Crippen LogP contribution in [-0.4, -0.2) is 25.5 Å². The summed E-state index contributed by atoms with van der Waals surface area (Å²) in [7, 11) is 1.53. The molecule has 0 aromatic heterocycles. The number of carbonyl (C=O) groups excluding carboxylic acids is 1. The zero-order valence-corrected chi connectivity index (χ0v) is 8.49. The van der Waals surface area contributed by atoms with Crippen LogP contribution in [0.3, 0.4) is 0 Å². The average Bonchev–Trinajstić information content (AvgIpc) is 2.17. The van der Waals surface area contributed by atoms with Gasteiger partial charge in [0.2, 0.25) is 0 Å². The first-order valence-electron chi connectivity index (χ1n) is 4.50. The minimum Gasteiger partial charge on any atom is -0.383 e. The molecule has 1 atom stereocenters. The Kier molecular flexibility index (Phi) is 3.80. The number of rotatable bonds is 4. The first kappa shape index (κ1) is 10.9. The van der Waals surface area contributed by atoms with E-state index in [1.807, 2.05) is 25.1 Å². The van der Waals surface area contributed by atoms with Crippen molar-refractivity contribution in [3.63, 3.8) is 0 Å². The highest BCUT2D eigenvalue weighted by Crippen LogP contribution is 2.06. The zero-order chi connectivity index (χ0) is 10.6. The molecular weight excluding hydrogens is 178 g/mol. The van der Waals surface area contributed by atoms with Crippen molar-refractivity contribution in [3.05, 3.63) is 35.4 Å². The van der Waals surface area contributed by atoms with Crippen molar-refractivity contribution in [1.82, 2.24) is 0 Å². The third kappa shape index (κ3) is 2.65. The van der Waals surface area contributed by atoms with E-state index in [1.165, 1.54) is 7.11 Å². The van der Waals surface area contributed by atoms with Crippen molar-refractivity contribution in [1.29, 1.82) is 0 Å². The zero-order valence-electron chi connectivity index (χ0n) is 8.49. The van der Waals surface area contributed by atoms with Crippen LogP contribution in [0.4, 0.5) is 0 Å². The number of hydrogen-bond donors (Lipinski definition) is 1. The van der Waals surface area contributed by atoms with E-state index in [4.69, 9.17) is 10.5 Å². The van der Waals surface area contributed by atoms with Gasteiger partial charge >= 0.3 is 0 Å². The summed E-state index contributed by atoms with van der Waals surface area (Å²) in [5.74, 6) is -0.0736. The van der Waals surface area contributed by atoms with Crippen LogP contribution >= 0.6 is 0 Å². The third-order valence-corrected chi connectivity index (χ3v) is 1.99. The molecule has 14 heavy (non-hydrogen) atoms. The Hall–Kier alpha value is -1.19. The van der Waals surface area contributed by atoms with Gasteiger partial charge in [-0.05, 0) is 13.0 Å². The van der Waals surface area contributed by atoms with Crippen molar-refractivity contribution in [2.75, 3.05) is 13.7 Å². The van der Waals surface area contributed by atoms with E-state index in [1.54, 1.807) is 6.07 Å². The number of benzene rings is 1. The summed E-state index contributed by atoms with van der Waals surface area (Å²) in [6.45, 7) is 2.20. The summed E-state index contributed by atoms with van der Waals surface area (Å²) in [6.07, 6.45) is 0. The van der Waals surface area contributed by atoms with E-state index in [0.717, 1.165) is 5.56 Å². The van der Waals surface area contributed by atoms with Crippen molar-refractivity contribution >= 4 is 5.78 Å². The van der Waals surface area contributed by atoms with Crippen LogP contribution in [-0.2, 0) is 4.74 Å². The van der Waals surface area contributed by atoms with Gasteiger partial charge in [0.25, 0.3) is 0 Å². The number of Topliss-reactive ketones (excluding diaryl/α,β-unsaturated/α-hetero) is 1. The summed E-state index contributed by atoms with van der Waals surface area (Å²) in [6, 6.07) is 6.82. The van der Waals surface area contributed by atoms with Gasteiger partial charge in [-0.2, -0.15) is 0 Å². The lowest BCUT2D eigenvalue weighted by atomic mass is 10.0. The number of methoxy groups -OCH3 is 1. The van der Waals surface area contributed by atoms with Gasteiger partial charge < -0.3 is 10.5 Å². The fourth-order valence-corrected chi connectivity index (χ4v) is 1.27. The summed E-state index contributed by atoms with van der Waals surface area (Å²) < 4.78 is 4.83. The summed E-state index contributed by atoms with van der Waals surface area (Å²) >= 11 is 0. The molecule has 1 aromatic rings. The minimum absolute atomic E-state index is 0.0736. The van der Waals surface area contributed by atoms with E-state index in [9.17, 15) is 4.79 Å². The highest BCUT2D eigenvalue weighted by atomic mass is 16.5. The van der Waals surface area contributed by atoms with Gasteiger partial charge in [-0.1, -0.05) is 23.8 Å². The van der Waals surface area contributed by atoms with Crippen LogP contribution in [0.1, 0.15) is 15.9 Å². The summed E-state index contributed by atoms with van der Waals surface area (Å²) in [4.78, 5) is 11.7. The summed E-state index contributed by atoms with van der Waals surface area (Å²) in [5, 5.41) is 0. The topological polar surface area (TPSA) is 52.3 Å². The molecule has 76 valence electrons. The van der Waals surface area contributed by atoms with E-state index in [0.29, 0.717) is 5.56 Å². The van der Waals surface area contributed by atoms with E-state index in [2.05, 4.69) is 0 Å². The van der Waals surface area contributed by atoms with Gasteiger partial charge in [-0.25, -0.2) is 0 Å². The van der Waals surface area contributed by atoms with Gasteiger partial charge in [0.15, 0.2) is 5.78 Å². The van der Waals surface area contributed by atoms with Gasteiger partial charge in [0, 0.05) is 12.7 Å². The number of ether oxygens (including phenoxy) is 1. The second-order valence-corrected chi connectivity index (χ2v) is 3.30. The number of hydrogen-bond acceptors (Lipinski definition) is 3. The molecule has 0 spiro atoms. The normalized spacial score (nSPS) is 12.5. The Morgan fingerprint density at radius 3 is 2.86 bits per heavy atom. The lowest BCUT2D eigenvalue weighted by molar-refractivity contribution is 0.0892. The summed E-state index contributed by atoms with van der Waals surface area (Å²) in [5.41, 5.74) is 7.34. The molecule has 0 fully saturated rings. The Bertz CT molecular complexity index is 323. The molecule has 2 N–H and O–H groups in total. The molecule has 0 saturated carbocycles. The number of ketones is 1. The van der Waals surface area contributed by atoms with Gasteiger partial charge in [0.05, 0.1) is 12.6 Å². The maximum Gasteiger partial charge on any atom is 0.181 e. The monoisotopic (exact) mass is 193 g/mol. The lowest BCUT2D eigenvalue weighted by Gasteiger charge is -2.09. The molecule has 1 unspecified atom stereocenters. The first-order chi connectivity index (χ1) is 6.65. The molecule has 0 aliphatic heterocycles. The van der Waals surface area contributed by atoms with Crippen molar-refractivity contribution in [2.24, 2.45) is 5.73 Å². The standard InChI is InChI=1S/C11H15NO2/c1-8-4-3-5-9(6-8)11(13)10(12)7-14-2/h3-6,10H,7,12H2,1-2H3. The van der Waals surface area contributed by atoms with Crippen LogP contribution in [0.2, 0.25) is 0 Å². The predicted octanol–water partition coefficient (Wildman–Crippen LogP) is 1.15. The second kappa shape index (κ2) is 4.88. The third-order valence-electron chi connectivity index (χ3n) is 1.99. The van der Waals surface area contributed by atoms with E-state index < -0.39 is 6.04 Å². The van der Waals surface area contributed by atoms with Crippen LogP contribution in [0, 0.1) is 6.92 Å². The van der Waals surface area contributed by atoms with Crippen molar-refractivity contribution in [3.8, 4) is 0 Å². The molecule has 1 rings (SSSR count). The molecule has 3 nitrogen and oxygen atoms in total. The van der Waals surface area contributed by atoms with Gasteiger partial charge in [-0.15, -0.1) is 0 Å². The largest absolute Gasteiger partial charge is 0.383 e. The first-order valence-corrected chi connectivity index (χ1v) is 4.50. The number of nitrogens with two attached hydrogens (primary N) is 1. The number of aryl methyl sites for hydroxylation is 1. The Morgan fingerprint density at radius 1 is 1.57 bits per heavy atom. The van der Waals surface area contributed by atoms with Crippen molar-refractivity contribution < 1.29 is 9.53 Å². The van der Waals surface area contributed by atoms with E-state index in [-0.39, 0.29) is 12.4 Å². The molecule has 3 heteroatoms. The van der Waals surface area contributed by atoms with Crippen LogP contribution in [0.5, 0.6) is 0 Å². The van der Waals surface area contributed by atoms with E-state index >= 15 is 0 Å². The molecule has 0 aliphatic carbocycles. The average molecular weight is 193 g/mol. The lowest BCUT2D eigenvalue weighted by Crippen LogP contribution is -2.34. The predicted molar refractivity (Wildman–Crippen MR) is 55.4 cm³/mol. The van der Waals surface area contributed by atoms with Gasteiger partial charge in [-0.3, -0.25) is 4.79 Å². The Labute approximate surface area is 83.9 Å².